The molecule has 0 spiro atoms. The minimum Gasteiger partial charge on any atom is -0.335 e. The van der Waals surface area contributed by atoms with E-state index in [0.717, 1.165) is 25.0 Å². The zero-order valence-corrected chi connectivity index (χ0v) is 17.2. The van der Waals surface area contributed by atoms with E-state index >= 15 is 0 Å². The Morgan fingerprint density at radius 2 is 1.83 bits per heavy atom. The molecule has 0 aliphatic carbocycles. The molecular formula is C22H22ClF3N2O2. The van der Waals surface area contributed by atoms with Crippen LogP contribution in [0.15, 0.2) is 42.5 Å². The number of carbonyl (C=O) groups excluding carboxylic acids is 2. The number of nitrogens with one attached hydrogen (secondary N) is 1. The minimum atomic E-state index is -4.53. The number of likely N-dealkylation sites (tertiary alicyclic amines) is 1. The van der Waals surface area contributed by atoms with Gasteiger partial charge in [0, 0.05) is 35.3 Å². The molecule has 30 heavy (non-hydrogen) atoms. The topological polar surface area (TPSA) is 49.4 Å². The van der Waals surface area contributed by atoms with E-state index in [1.165, 1.54) is 17.9 Å². The van der Waals surface area contributed by atoms with Crippen molar-refractivity contribution in [3.63, 3.8) is 0 Å². The average Bonchev–Trinajstić information content (AvgIpc) is 2.68. The summed E-state index contributed by atoms with van der Waals surface area (Å²) in [6, 6.07) is 9.65. The highest BCUT2D eigenvalue weighted by Gasteiger charge is 2.33. The molecule has 1 fully saturated rings. The van der Waals surface area contributed by atoms with Crippen molar-refractivity contribution in [2.75, 3.05) is 11.9 Å². The predicted octanol–water partition coefficient (Wildman–Crippen LogP) is 5.69. The number of alkyl halides is 3. The molecule has 1 saturated heterocycles. The van der Waals surface area contributed by atoms with Crippen LogP contribution < -0.4 is 5.32 Å². The number of nitrogens with zero attached hydrogens (tertiary/aromatic N) is 1. The fourth-order valence-corrected chi connectivity index (χ4v) is 3.80. The van der Waals surface area contributed by atoms with Crippen LogP contribution in [0.1, 0.15) is 47.2 Å². The molecule has 3 rings (SSSR count). The molecule has 0 aromatic heterocycles. The van der Waals surface area contributed by atoms with Gasteiger partial charge in [-0.15, -0.1) is 0 Å². The number of hydrogen-bond donors (Lipinski definition) is 1. The van der Waals surface area contributed by atoms with Crippen LogP contribution in [0, 0.1) is 6.92 Å². The molecule has 2 amide bonds. The van der Waals surface area contributed by atoms with Crippen molar-refractivity contribution in [2.45, 2.75) is 44.8 Å². The van der Waals surface area contributed by atoms with E-state index in [-0.39, 0.29) is 23.9 Å². The van der Waals surface area contributed by atoms with Gasteiger partial charge in [0.2, 0.25) is 5.91 Å². The molecule has 1 unspecified atom stereocenters. The zero-order chi connectivity index (χ0) is 21.9. The van der Waals surface area contributed by atoms with Gasteiger partial charge in [-0.3, -0.25) is 9.59 Å². The molecular weight excluding hydrogens is 417 g/mol. The van der Waals surface area contributed by atoms with Crippen molar-refractivity contribution in [1.82, 2.24) is 4.90 Å². The van der Waals surface area contributed by atoms with Crippen LogP contribution in [0.4, 0.5) is 18.9 Å². The molecule has 1 atom stereocenters. The Kier molecular flexibility index (Phi) is 6.71. The highest BCUT2D eigenvalue weighted by molar-refractivity contribution is 6.30. The lowest BCUT2D eigenvalue weighted by Gasteiger charge is -2.35. The van der Waals surface area contributed by atoms with Crippen LogP contribution in [0.3, 0.4) is 0 Å². The van der Waals surface area contributed by atoms with E-state index in [1.807, 2.05) is 0 Å². The third-order valence-electron chi connectivity index (χ3n) is 5.09. The smallest absolute Gasteiger partial charge is 0.335 e. The second-order valence-corrected chi connectivity index (χ2v) is 7.93. The summed E-state index contributed by atoms with van der Waals surface area (Å²) < 4.78 is 39.4. The molecule has 0 bridgehead atoms. The van der Waals surface area contributed by atoms with Gasteiger partial charge in [-0.25, -0.2) is 0 Å². The van der Waals surface area contributed by atoms with Gasteiger partial charge in [-0.05, 0) is 74.2 Å². The van der Waals surface area contributed by atoms with E-state index in [9.17, 15) is 22.8 Å². The summed E-state index contributed by atoms with van der Waals surface area (Å²) in [7, 11) is 0. The maximum Gasteiger partial charge on any atom is 0.416 e. The summed E-state index contributed by atoms with van der Waals surface area (Å²) in [5, 5.41) is 3.32. The second-order valence-electron chi connectivity index (χ2n) is 7.49. The van der Waals surface area contributed by atoms with Crippen molar-refractivity contribution >= 4 is 29.1 Å². The quantitative estimate of drug-likeness (QED) is 0.666. The molecule has 1 N–H and O–H groups in total. The fraction of sp³-hybridized carbons (Fsp3) is 0.364. The zero-order valence-electron chi connectivity index (χ0n) is 16.4. The number of amides is 2. The summed E-state index contributed by atoms with van der Waals surface area (Å²) in [5.74, 6) is -0.740. The van der Waals surface area contributed by atoms with Gasteiger partial charge in [0.05, 0.1) is 5.56 Å². The van der Waals surface area contributed by atoms with Crippen molar-refractivity contribution in [2.24, 2.45) is 0 Å². The number of anilines is 1. The summed E-state index contributed by atoms with van der Waals surface area (Å²) in [6.07, 6.45) is -2.23. The molecule has 1 heterocycles. The first kappa shape index (κ1) is 22.2. The highest BCUT2D eigenvalue weighted by Crippen LogP contribution is 2.31. The lowest BCUT2D eigenvalue weighted by atomic mass is 9.97. The minimum absolute atomic E-state index is 0.00710. The monoisotopic (exact) mass is 438 g/mol. The van der Waals surface area contributed by atoms with Crippen molar-refractivity contribution in [1.29, 1.82) is 0 Å². The predicted molar refractivity (Wildman–Crippen MR) is 110 cm³/mol. The molecule has 160 valence electrons. The summed E-state index contributed by atoms with van der Waals surface area (Å²) in [6.45, 7) is 1.94. The first-order valence-corrected chi connectivity index (χ1v) is 10.1. The van der Waals surface area contributed by atoms with E-state index in [4.69, 9.17) is 11.6 Å². The number of benzene rings is 2. The van der Waals surface area contributed by atoms with Gasteiger partial charge in [0.25, 0.3) is 5.91 Å². The van der Waals surface area contributed by atoms with Crippen LogP contribution in [-0.4, -0.2) is 29.3 Å². The van der Waals surface area contributed by atoms with E-state index in [2.05, 4.69) is 5.32 Å². The third kappa shape index (κ3) is 5.53. The first-order valence-electron chi connectivity index (χ1n) is 9.69. The molecule has 1 aliphatic heterocycles. The first-order chi connectivity index (χ1) is 14.1. The number of hydrogen-bond acceptors (Lipinski definition) is 2. The van der Waals surface area contributed by atoms with Gasteiger partial charge in [-0.1, -0.05) is 11.6 Å². The number of aryl methyl sites for hydroxylation is 1. The van der Waals surface area contributed by atoms with Crippen molar-refractivity contribution < 1.29 is 22.8 Å². The van der Waals surface area contributed by atoms with Gasteiger partial charge in [0.1, 0.15) is 0 Å². The SMILES string of the molecule is Cc1cc(C(=O)N2CCCCC2CC(=O)Nc2ccc(Cl)cc2)cc(C(F)(F)F)c1. The fourth-order valence-electron chi connectivity index (χ4n) is 3.68. The van der Waals surface area contributed by atoms with E-state index < -0.39 is 17.6 Å². The maximum absolute atomic E-state index is 13.1. The normalized spacial score (nSPS) is 17.0. The van der Waals surface area contributed by atoms with Gasteiger partial charge < -0.3 is 10.2 Å². The molecule has 2 aromatic carbocycles. The standard InChI is InChI=1S/C22H22ClF3N2O2/c1-14-10-15(12-16(11-14)22(24,25)26)21(30)28-9-3-2-4-19(28)13-20(29)27-18-7-5-17(23)6-8-18/h5-8,10-12,19H,2-4,9,13H2,1H3,(H,27,29). The molecule has 2 aromatic rings. The van der Waals surface area contributed by atoms with Gasteiger partial charge in [0.15, 0.2) is 0 Å². The molecule has 8 heteroatoms. The number of carbonyl (C=O) groups is 2. The van der Waals surface area contributed by atoms with Crippen LogP contribution in [0.25, 0.3) is 0 Å². The summed E-state index contributed by atoms with van der Waals surface area (Å²) in [4.78, 5) is 27.0. The van der Waals surface area contributed by atoms with Crippen LogP contribution >= 0.6 is 11.6 Å². The second kappa shape index (κ2) is 9.08. The van der Waals surface area contributed by atoms with E-state index in [0.29, 0.717) is 29.2 Å². The van der Waals surface area contributed by atoms with Crippen LogP contribution in [-0.2, 0) is 11.0 Å². The lowest BCUT2D eigenvalue weighted by molar-refractivity contribution is -0.137. The Morgan fingerprint density at radius 3 is 2.50 bits per heavy atom. The Hall–Kier alpha value is -2.54. The van der Waals surface area contributed by atoms with Crippen LogP contribution in [0.2, 0.25) is 5.02 Å². The molecule has 4 nitrogen and oxygen atoms in total. The Morgan fingerprint density at radius 1 is 1.13 bits per heavy atom. The number of halogens is 4. The number of piperidine rings is 1. The third-order valence-corrected chi connectivity index (χ3v) is 5.34. The van der Waals surface area contributed by atoms with Crippen molar-refractivity contribution in [3.8, 4) is 0 Å². The molecule has 1 aliphatic rings. The summed E-state index contributed by atoms with van der Waals surface area (Å²) >= 11 is 5.84. The van der Waals surface area contributed by atoms with Gasteiger partial charge in [-0.2, -0.15) is 13.2 Å². The van der Waals surface area contributed by atoms with Crippen molar-refractivity contribution in [3.05, 3.63) is 64.2 Å². The largest absolute Gasteiger partial charge is 0.416 e. The molecule has 0 radical (unpaired) electrons. The summed E-state index contributed by atoms with van der Waals surface area (Å²) in [5.41, 5.74) is 0.0982. The van der Waals surface area contributed by atoms with Crippen LogP contribution in [0.5, 0.6) is 0 Å². The Bertz CT molecular complexity index is 929. The highest BCUT2D eigenvalue weighted by atomic mass is 35.5. The number of rotatable bonds is 4. The Balaban J connectivity index is 1.75. The maximum atomic E-state index is 13.1. The average molecular weight is 439 g/mol. The molecule has 0 saturated carbocycles. The van der Waals surface area contributed by atoms with E-state index in [1.54, 1.807) is 24.3 Å². The lowest BCUT2D eigenvalue weighted by Crippen LogP contribution is -2.45. The Labute approximate surface area is 178 Å². The van der Waals surface area contributed by atoms with Gasteiger partial charge >= 0.3 is 6.18 Å².